The van der Waals surface area contributed by atoms with Gasteiger partial charge in [-0.1, -0.05) is 24.3 Å². The van der Waals surface area contributed by atoms with E-state index in [4.69, 9.17) is 5.73 Å². The van der Waals surface area contributed by atoms with E-state index >= 15 is 0 Å². The third kappa shape index (κ3) is 1.60. The van der Waals surface area contributed by atoms with Gasteiger partial charge in [-0.3, -0.25) is 0 Å². The van der Waals surface area contributed by atoms with Crippen LogP contribution in [0.15, 0.2) is 24.3 Å². The Morgan fingerprint density at radius 2 is 2.00 bits per heavy atom. The Balaban J connectivity index is 2.32. The van der Waals surface area contributed by atoms with Gasteiger partial charge in [0.1, 0.15) is 0 Å². The Bertz CT molecular complexity index is 305. The van der Waals surface area contributed by atoms with Gasteiger partial charge in [-0.15, -0.1) is 0 Å². The smallest absolute Gasteiger partial charge is 0.0901 e. The molecule has 13 heavy (non-hydrogen) atoms. The highest BCUT2D eigenvalue weighted by molar-refractivity contribution is 5.35. The molecule has 1 aliphatic carbocycles. The second-order valence-corrected chi connectivity index (χ2v) is 3.73. The summed E-state index contributed by atoms with van der Waals surface area (Å²) in [5.74, 6) is 0. The first-order valence-electron chi connectivity index (χ1n) is 4.77. The van der Waals surface area contributed by atoms with E-state index in [9.17, 15) is 5.11 Å². The third-order valence-corrected chi connectivity index (χ3v) is 2.66. The van der Waals surface area contributed by atoms with Gasteiger partial charge in [-0.2, -0.15) is 0 Å². The fourth-order valence-electron chi connectivity index (χ4n) is 1.74. The van der Waals surface area contributed by atoms with E-state index < -0.39 is 5.60 Å². The molecule has 1 aliphatic rings. The molecule has 1 saturated carbocycles. The molecule has 0 amide bonds. The van der Waals surface area contributed by atoms with Crippen LogP contribution in [0.2, 0.25) is 0 Å². The maximum Gasteiger partial charge on any atom is 0.0901 e. The van der Waals surface area contributed by atoms with Gasteiger partial charge in [0.15, 0.2) is 0 Å². The molecular weight excluding hydrogens is 162 g/mol. The Morgan fingerprint density at radius 1 is 1.31 bits per heavy atom. The Kier molecular flexibility index (Phi) is 2.10. The van der Waals surface area contributed by atoms with E-state index in [2.05, 4.69) is 6.07 Å². The topological polar surface area (TPSA) is 46.2 Å². The van der Waals surface area contributed by atoms with Crippen molar-refractivity contribution in [2.75, 3.05) is 6.54 Å². The Morgan fingerprint density at radius 3 is 2.62 bits per heavy atom. The van der Waals surface area contributed by atoms with Gasteiger partial charge in [0.25, 0.3) is 0 Å². The molecule has 0 unspecified atom stereocenters. The van der Waals surface area contributed by atoms with E-state index in [1.54, 1.807) is 0 Å². The molecule has 0 bridgehead atoms. The monoisotopic (exact) mass is 177 g/mol. The highest BCUT2D eigenvalue weighted by Gasteiger charge is 2.43. The molecule has 1 fully saturated rings. The van der Waals surface area contributed by atoms with Gasteiger partial charge in [-0.05, 0) is 36.9 Å². The number of benzene rings is 1. The van der Waals surface area contributed by atoms with Crippen molar-refractivity contribution in [2.24, 2.45) is 5.73 Å². The van der Waals surface area contributed by atoms with E-state index in [0.29, 0.717) is 6.54 Å². The van der Waals surface area contributed by atoms with Crippen LogP contribution in [0.4, 0.5) is 0 Å². The third-order valence-electron chi connectivity index (χ3n) is 2.66. The molecular formula is C11H15NO. The van der Waals surface area contributed by atoms with E-state index in [1.165, 1.54) is 5.56 Å². The van der Waals surface area contributed by atoms with E-state index in [-0.39, 0.29) is 0 Å². The first-order valence-corrected chi connectivity index (χ1v) is 4.77. The standard InChI is InChI=1S/C11H15NO/c12-8-5-9-3-1-2-4-10(9)11(13)6-7-11/h1-4,13H,5-8,12H2. The quantitative estimate of drug-likeness (QED) is 0.728. The summed E-state index contributed by atoms with van der Waals surface area (Å²) in [4.78, 5) is 0. The van der Waals surface area contributed by atoms with Crippen molar-refractivity contribution in [3.8, 4) is 0 Å². The largest absolute Gasteiger partial charge is 0.385 e. The molecule has 2 rings (SSSR count). The lowest BCUT2D eigenvalue weighted by molar-refractivity contribution is 0.150. The van der Waals surface area contributed by atoms with Crippen LogP contribution in [0, 0.1) is 0 Å². The fourth-order valence-corrected chi connectivity index (χ4v) is 1.74. The second-order valence-electron chi connectivity index (χ2n) is 3.73. The van der Waals surface area contributed by atoms with Crippen LogP contribution < -0.4 is 5.73 Å². The van der Waals surface area contributed by atoms with Gasteiger partial charge in [0, 0.05) is 0 Å². The van der Waals surface area contributed by atoms with Crippen LogP contribution in [0.1, 0.15) is 24.0 Å². The molecule has 2 heteroatoms. The van der Waals surface area contributed by atoms with Crippen LogP contribution in [0.25, 0.3) is 0 Å². The van der Waals surface area contributed by atoms with Crippen LogP contribution in [-0.4, -0.2) is 11.7 Å². The SMILES string of the molecule is NCCc1ccccc1C1(O)CC1. The zero-order valence-electron chi connectivity index (χ0n) is 7.66. The molecule has 0 heterocycles. The molecule has 2 nitrogen and oxygen atoms in total. The van der Waals surface area contributed by atoms with Gasteiger partial charge in [-0.25, -0.2) is 0 Å². The number of aliphatic hydroxyl groups is 1. The maximum absolute atomic E-state index is 9.97. The molecule has 0 aliphatic heterocycles. The predicted molar refractivity (Wildman–Crippen MR) is 52.3 cm³/mol. The summed E-state index contributed by atoms with van der Waals surface area (Å²) in [6.07, 6.45) is 2.65. The lowest BCUT2D eigenvalue weighted by atomic mass is 9.98. The minimum absolute atomic E-state index is 0.522. The molecule has 0 radical (unpaired) electrons. The Hall–Kier alpha value is -0.860. The number of nitrogens with two attached hydrogens (primary N) is 1. The number of rotatable bonds is 3. The van der Waals surface area contributed by atoms with Crippen molar-refractivity contribution in [2.45, 2.75) is 24.9 Å². The van der Waals surface area contributed by atoms with Crippen LogP contribution in [0.5, 0.6) is 0 Å². The molecule has 3 N–H and O–H groups in total. The zero-order chi connectivity index (χ0) is 9.31. The predicted octanol–water partition coefficient (Wildman–Crippen LogP) is 1.17. The van der Waals surface area contributed by atoms with Gasteiger partial charge < -0.3 is 10.8 Å². The van der Waals surface area contributed by atoms with Crippen LogP contribution in [0.3, 0.4) is 0 Å². The molecule has 0 spiro atoms. The van der Waals surface area contributed by atoms with E-state index in [0.717, 1.165) is 24.8 Å². The summed E-state index contributed by atoms with van der Waals surface area (Å²) in [6.45, 7) is 0.646. The summed E-state index contributed by atoms with van der Waals surface area (Å²) < 4.78 is 0. The lowest BCUT2D eigenvalue weighted by Crippen LogP contribution is -2.11. The highest BCUT2D eigenvalue weighted by Crippen LogP contribution is 2.46. The van der Waals surface area contributed by atoms with Crippen molar-refractivity contribution >= 4 is 0 Å². The molecule has 0 atom stereocenters. The molecule has 1 aromatic carbocycles. The average molecular weight is 177 g/mol. The van der Waals surface area contributed by atoms with Gasteiger partial charge >= 0.3 is 0 Å². The lowest BCUT2D eigenvalue weighted by Gasteiger charge is -2.13. The van der Waals surface area contributed by atoms with Crippen molar-refractivity contribution in [3.63, 3.8) is 0 Å². The van der Waals surface area contributed by atoms with Gasteiger partial charge in [0.05, 0.1) is 5.60 Å². The zero-order valence-corrected chi connectivity index (χ0v) is 7.66. The molecule has 70 valence electrons. The summed E-state index contributed by atoms with van der Waals surface area (Å²) in [7, 11) is 0. The second kappa shape index (κ2) is 3.13. The minimum Gasteiger partial charge on any atom is -0.385 e. The minimum atomic E-state index is -0.522. The summed E-state index contributed by atoms with van der Waals surface area (Å²) in [5.41, 5.74) is 7.27. The highest BCUT2D eigenvalue weighted by atomic mass is 16.3. The molecule has 1 aromatic rings. The van der Waals surface area contributed by atoms with Crippen molar-refractivity contribution in [1.82, 2.24) is 0 Å². The van der Waals surface area contributed by atoms with Crippen molar-refractivity contribution < 1.29 is 5.11 Å². The first kappa shape index (κ1) is 8.73. The Labute approximate surface area is 78.4 Å². The summed E-state index contributed by atoms with van der Waals surface area (Å²) >= 11 is 0. The van der Waals surface area contributed by atoms with Gasteiger partial charge in [0.2, 0.25) is 0 Å². The van der Waals surface area contributed by atoms with Crippen molar-refractivity contribution in [1.29, 1.82) is 0 Å². The van der Waals surface area contributed by atoms with Crippen LogP contribution in [-0.2, 0) is 12.0 Å². The maximum atomic E-state index is 9.97. The van der Waals surface area contributed by atoms with Crippen molar-refractivity contribution in [3.05, 3.63) is 35.4 Å². The normalized spacial score (nSPS) is 18.6. The average Bonchev–Trinajstić information content (AvgIpc) is 2.86. The van der Waals surface area contributed by atoms with E-state index in [1.807, 2.05) is 18.2 Å². The number of hydrogen-bond donors (Lipinski definition) is 2. The number of hydrogen-bond acceptors (Lipinski definition) is 2. The summed E-state index contributed by atoms with van der Waals surface area (Å²) in [5, 5.41) is 9.97. The molecule has 0 aromatic heterocycles. The van der Waals surface area contributed by atoms with Crippen LogP contribution >= 0.6 is 0 Å². The first-order chi connectivity index (χ1) is 6.26. The summed E-state index contributed by atoms with van der Waals surface area (Å²) in [6, 6.07) is 8.04. The molecule has 0 saturated heterocycles. The fraction of sp³-hybridized carbons (Fsp3) is 0.455.